The summed E-state index contributed by atoms with van der Waals surface area (Å²) >= 11 is 7.50. The molecule has 0 unspecified atom stereocenters. The Labute approximate surface area is 164 Å². The van der Waals surface area contributed by atoms with Crippen LogP contribution in [0.15, 0.2) is 35.7 Å². The van der Waals surface area contributed by atoms with Gasteiger partial charge < -0.3 is 10.1 Å². The minimum absolute atomic E-state index is 0.244. The number of anilines is 1. The molecule has 3 aromatic rings. The summed E-state index contributed by atoms with van der Waals surface area (Å²) in [5, 5.41) is 17.0. The van der Waals surface area contributed by atoms with E-state index in [1.165, 1.54) is 18.3 Å². The Morgan fingerprint density at radius 3 is 2.89 bits per heavy atom. The second-order valence-electron chi connectivity index (χ2n) is 5.65. The van der Waals surface area contributed by atoms with Crippen molar-refractivity contribution in [2.45, 2.75) is 26.5 Å². The molecule has 10 heteroatoms. The number of benzene rings is 1. The Balaban J connectivity index is 1.55. The van der Waals surface area contributed by atoms with Crippen molar-refractivity contribution in [2.24, 2.45) is 0 Å². The maximum Gasteiger partial charge on any atom is 0.330 e. The molecule has 0 aliphatic rings. The van der Waals surface area contributed by atoms with E-state index in [4.69, 9.17) is 16.3 Å². The fraction of sp³-hybridized carbons (Fsp3) is 0.235. The predicted molar refractivity (Wildman–Crippen MR) is 102 cm³/mol. The van der Waals surface area contributed by atoms with E-state index in [1.54, 1.807) is 25.1 Å². The first-order valence-electron chi connectivity index (χ1n) is 8.01. The molecule has 1 N–H and O–H groups in total. The maximum absolute atomic E-state index is 12.2. The summed E-state index contributed by atoms with van der Waals surface area (Å²) in [6.45, 7) is 3.03. The van der Waals surface area contributed by atoms with Crippen LogP contribution < -0.4 is 5.32 Å². The first kappa shape index (κ1) is 19.0. The van der Waals surface area contributed by atoms with Crippen LogP contribution in [0.25, 0.3) is 10.7 Å². The molecule has 0 radical (unpaired) electrons. The van der Waals surface area contributed by atoms with E-state index in [2.05, 4.69) is 20.7 Å². The number of aromatic nitrogens is 4. The summed E-state index contributed by atoms with van der Waals surface area (Å²) in [5.74, 6) is -0.671. The summed E-state index contributed by atoms with van der Waals surface area (Å²) in [4.78, 5) is 26.3. The van der Waals surface area contributed by atoms with Gasteiger partial charge in [-0.1, -0.05) is 23.7 Å². The van der Waals surface area contributed by atoms with Gasteiger partial charge in [-0.15, -0.1) is 21.5 Å². The summed E-state index contributed by atoms with van der Waals surface area (Å²) in [6.07, 6.45) is -0.990. The van der Waals surface area contributed by atoms with Crippen LogP contribution in [0.5, 0.6) is 0 Å². The topological polar surface area (TPSA) is 99.0 Å². The molecule has 2 aromatic heterocycles. The van der Waals surface area contributed by atoms with Gasteiger partial charge in [0.05, 0.1) is 4.88 Å². The number of esters is 1. The van der Waals surface area contributed by atoms with Crippen molar-refractivity contribution in [3.05, 3.63) is 46.3 Å². The minimum atomic E-state index is -0.990. The molecule has 2 heterocycles. The summed E-state index contributed by atoms with van der Waals surface area (Å²) in [7, 11) is 0. The number of nitrogens with one attached hydrogen (secondary N) is 1. The number of tetrazole rings is 1. The Bertz CT molecular complexity index is 957. The van der Waals surface area contributed by atoms with Crippen molar-refractivity contribution in [1.82, 2.24) is 20.2 Å². The second kappa shape index (κ2) is 8.28. The van der Waals surface area contributed by atoms with E-state index in [-0.39, 0.29) is 6.54 Å². The van der Waals surface area contributed by atoms with Crippen molar-refractivity contribution in [3.63, 3.8) is 0 Å². The standard InChI is InChI=1S/C17H16ClN5O3S/c1-10-12(18)5-3-6-13(10)19-17(25)11(2)26-15(24)9-23-21-16(20-22-23)14-7-4-8-27-14/h3-8,11H,9H2,1-2H3,(H,19,25)/t11-/m0/s1. The van der Waals surface area contributed by atoms with Crippen LogP contribution in [-0.4, -0.2) is 38.2 Å². The van der Waals surface area contributed by atoms with Crippen molar-refractivity contribution in [3.8, 4) is 10.7 Å². The number of nitrogens with zero attached hydrogens (tertiary/aromatic N) is 4. The predicted octanol–water partition coefficient (Wildman–Crippen LogP) is 2.93. The normalized spacial score (nSPS) is 11.8. The number of carbonyl (C=O) groups is 2. The SMILES string of the molecule is Cc1c(Cl)cccc1NC(=O)[C@H](C)OC(=O)Cn1nnc(-c2cccs2)n1. The smallest absolute Gasteiger partial charge is 0.330 e. The zero-order valence-electron chi connectivity index (χ0n) is 14.5. The van der Waals surface area contributed by atoms with Gasteiger partial charge in [0, 0.05) is 10.7 Å². The highest BCUT2D eigenvalue weighted by atomic mass is 35.5. The van der Waals surface area contributed by atoms with Gasteiger partial charge in [-0.3, -0.25) is 4.79 Å². The van der Waals surface area contributed by atoms with Crippen LogP contribution in [0, 0.1) is 6.92 Å². The third-order valence-electron chi connectivity index (χ3n) is 3.67. The molecular formula is C17H16ClN5O3S. The van der Waals surface area contributed by atoms with Crippen molar-refractivity contribution >= 4 is 40.5 Å². The number of ether oxygens (including phenoxy) is 1. The number of amides is 1. The number of hydrogen-bond acceptors (Lipinski definition) is 7. The zero-order valence-corrected chi connectivity index (χ0v) is 16.1. The minimum Gasteiger partial charge on any atom is -0.451 e. The van der Waals surface area contributed by atoms with Crippen LogP contribution >= 0.6 is 22.9 Å². The van der Waals surface area contributed by atoms with Gasteiger partial charge in [0.2, 0.25) is 5.82 Å². The average molecular weight is 406 g/mol. The molecule has 27 heavy (non-hydrogen) atoms. The first-order chi connectivity index (χ1) is 12.9. The third-order valence-corrected chi connectivity index (χ3v) is 4.94. The van der Waals surface area contributed by atoms with Gasteiger partial charge in [0.1, 0.15) is 0 Å². The Morgan fingerprint density at radius 2 is 2.15 bits per heavy atom. The van der Waals surface area contributed by atoms with Gasteiger partial charge in [-0.2, -0.15) is 4.80 Å². The molecule has 0 fully saturated rings. The van der Waals surface area contributed by atoms with Crippen LogP contribution in [0.1, 0.15) is 12.5 Å². The van der Waals surface area contributed by atoms with Gasteiger partial charge in [0.25, 0.3) is 5.91 Å². The monoisotopic (exact) mass is 405 g/mol. The molecule has 0 bridgehead atoms. The molecule has 0 aliphatic carbocycles. The quantitative estimate of drug-likeness (QED) is 0.633. The molecule has 0 saturated heterocycles. The van der Waals surface area contributed by atoms with E-state index in [1.807, 2.05) is 17.5 Å². The average Bonchev–Trinajstić information content (AvgIpc) is 3.30. The maximum atomic E-state index is 12.2. The fourth-order valence-corrected chi connectivity index (χ4v) is 3.02. The molecule has 0 aliphatic heterocycles. The lowest BCUT2D eigenvalue weighted by Gasteiger charge is -2.15. The molecule has 1 aromatic carbocycles. The van der Waals surface area contributed by atoms with Crippen molar-refractivity contribution in [1.29, 1.82) is 0 Å². The first-order valence-corrected chi connectivity index (χ1v) is 9.27. The summed E-state index contributed by atoms with van der Waals surface area (Å²) in [6, 6.07) is 8.90. The molecule has 0 spiro atoms. The van der Waals surface area contributed by atoms with Gasteiger partial charge in [0.15, 0.2) is 12.6 Å². The van der Waals surface area contributed by atoms with Crippen LogP contribution in [0.3, 0.4) is 0 Å². The molecule has 1 atom stereocenters. The molecule has 3 rings (SSSR count). The number of carbonyl (C=O) groups excluding carboxylic acids is 2. The van der Waals surface area contributed by atoms with E-state index >= 15 is 0 Å². The summed E-state index contributed by atoms with van der Waals surface area (Å²) < 4.78 is 5.15. The summed E-state index contributed by atoms with van der Waals surface area (Å²) in [5.41, 5.74) is 1.30. The number of hydrogen-bond donors (Lipinski definition) is 1. The molecule has 8 nitrogen and oxygen atoms in total. The molecular weight excluding hydrogens is 390 g/mol. The number of rotatable bonds is 6. The highest BCUT2D eigenvalue weighted by Gasteiger charge is 2.20. The Kier molecular flexibility index (Phi) is 5.82. The Morgan fingerprint density at radius 1 is 1.33 bits per heavy atom. The zero-order chi connectivity index (χ0) is 19.4. The lowest BCUT2D eigenvalue weighted by atomic mass is 10.2. The highest BCUT2D eigenvalue weighted by Crippen LogP contribution is 2.23. The van der Waals surface area contributed by atoms with E-state index in [0.717, 1.165) is 15.2 Å². The molecule has 140 valence electrons. The second-order valence-corrected chi connectivity index (χ2v) is 7.01. The van der Waals surface area contributed by atoms with Crippen molar-refractivity contribution in [2.75, 3.05) is 5.32 Å². The van der Waals surface area contributed by atoms with Crippen LogP contribution in [-0.2, 0) is 20.9 Å². The van der Waals surface area contributed by atoms with Crippen LogP contribution in [0.4, 0.5) is 5.69 Å². The van der Waals surface area contributed by atoms with Gasteiger partial charge >= 0.3 is 5.97 Å². The van der Waals surface area contributed by atoms with Crippen LogP contribution in [0.2, 0.25) is 5.02 Å². The van der Waals surface area contributed by atoms with E-state index in [9.17, 15) is 9.59 Å². The van der Waals surface area contributed by atoms with Crippen molar-refractivity contribution < 1.29 is 14.3 Å². The van der Waals surface area contributed by atoms with E-state index in [0.29, 0.717) is 16.5 Å². The van der Waals surface area contributed by atoms with E-state index < -0.39 is 18.0 Å². The largest absolute Gasteiger partial charge is 0.451 e. The Hall–Kier alpha value is -2.78. The lowest BCUT2D eigenvalue weighted by Crippen LogP contribution is -2.31. The fourth-order valence-electron chi connectivity index (χ4n) is 2.20. The lowest BCUT2D eigenvalue weighted by molar-refractivity contribution is -0.154. The number of thiophene rings is 1. The molecule has 1 amide bonds. The van der Waals surface area contributed by atoms with Gasteiger partial charge in [-0.25, -0.2) is 4.79 Å². The highest BCUT2D eigenvalue weighted by molar-refractivity contribution is 7.13. The third kappa shape index (κ3) is 4.69. The molecule has 0 saturated carbocycles. The van der Waals surface area contributed by atoms with Gasteiger partial charge in [-0.05, 0) is 48.2 Å². The number of halogens is 1.